The van der Waals surface area contributed by atoms with Gasteiger partial charge in [-0.2, -0.15) is 5.26 Å². The van der Waals surface area contributed by atoms with Crippen molar-refractivity contribution in [1.82, 2.24) is 9.55 Å². The molecule has 0 unspecified atom stereocenters. The quantitative estimate of drug-likeness (QED) is 0.651. The van der Waals surface area contributed by atoms with Crippen LogP contribution in [-0.2, 0) is 13.0 Å². The van der Waals surface area contributed by atoms with E-state index in [-0.39, 0.29) is 0 Å². The first-order valence-electron chi connectivity index (χ1n) is 3.74. The Morgan fingerprint density at radius 2 is 2.55 bits per heavy atom. The Balaban J connectivity index is 2.62. The highest BCUT2D eigenvalue weighted by molar-refractivity contribution is 5.00. The molecular formula is C8H11N3. The molecule has 1 aromatic heterocycles. The van der Waals surface area contributed by atoms with E-state index >= 15 is 0 Å². The summed E-state index contributed by atoms with van der Waals surface area (Å²) in [6.45, 7) is 3.00. The fraction of sp³-hybridized carbons (Fsp3) is 0.500. The number of aromatic nitrogens is 2. The maximum absolute atomic E-state index is 8.35. The van der Waals surface area contributed by atoms with Crippen LogP contribution >= 0.6 is 0 Å². The van der Waals surface area contributed by atoms with Crippen molar-refractivity contribution in [1.29, 1.82) is 5.26 Å². The lowest BCUT2D eigenvalue weighted by atomic mass is 10.2. The Morgan fingerprint density at radius 1 is 1.73 bits per heavy atom. The van der Waals surface area contributed by atoms with Crippen LogP contribution in [0.4, 0.5) is 0 Å². The molecule has 0 saturated carbocycles. The molecule has 0 aliphatic rings. The molecule has 0 aliphatic heterocycles. The van der Waals surface area contributed by atoms with Gasteiger partial charge in [0.05, 0.1) is 12.4 Å². The molecule has 0 spiro atoms. The topological polar surface area (TPSA) is 41.6 Å². The smallest absolute Gasteiger partial charge is 0.0948 e. The van der Waals surface area contributed by atoms with Gasteiger partial charge >= 0.3 is 0 Å². The maximum Gasteiger partial charge on any atom is 0.0948 e. The Morgan fingerprint density at radius 3 is 3.18 bits per heavy atom. The normalized spacial score (nSPS) is 9.45. The highest BCUT2D eigenvalue weighted by Gasteiger charge is 1.97. The molecule has 0 atom stereocenters. The Bertz CT molecular complexity index is 257. The van der Waals surface area contributed by atoms with E-state index in [0.717, 1.165) is 18.7 Å². The number of imidazole rings is 1. The van der Waals surface area contributed by atoms with Crippen LogP contribution in [0.5, 0.6) is 0 Å². The highest BCUT2D eigenvalue weighted by Crippen LogP contribution is 2.01. The van der Waals surface area contributed by atoms with E-state index in [4.69, 9.17) is 5.26 Å². The van der Waals surface area contributed by atoms with Gasteiger partial charge in [-0.05, 0) is 6.92 Å². The van der Waals surface area contributed by atoms with Crippen molar-refractivity contribution in [3.8, 4) is 6.07 Å². The second-order valence-corrected chi connectivity index (χ2v) is 2.33. The molecule has 11 heavy (non-hydrogen) atoms. The second kappa shape index (κ2) is 3.77. The van der Waals surface area contributed by atoms with Gasteiger partial charge in [-0.25, -0.2) is 4.98 Å². The molecule has 1 aromatic rings. The average molecular weight is 149 g/mol. The molecule has 1 heterocycles. The molecule has 1 rings (SSSR count). The fourth-order valence-corrected chi connectivity index (χ4v) is 1.03. The summed E-state index contributed by atoms with van der Waals surface area (Å²) in [5, 5.41) is 8.35. The Hall–Kier alpha value is -1.30. The maximum atomic E-state index is 8.35. The molecule has 0 radical (unpaired) electrons. The second-order valence-electron chi connectivity index (χ2n) is 2.33. The van der Waals surface area contributed by atoms with Gasteiger partial charge in [0.25, 0.3) is 0 Å². The summed E-state index contributed by atoms with van der Waals surface area (Å²) in [6, 6.07) is 2.12. The van der Waals surface area contributed by atoms with Gasteiger partial charge in [0, 0.05) is 31.3 Å². The Kier molecular flexibility index (Phi) is 2.67. The predicted octanol–water partition coefficient (Wildman–Crippen LogP) is 1.36. The minimum atomic E-state index is 0.575. The van der Waals surface area contributed by atoms with Crippen molar-refractivity contribution in [2.75, 3.05) is 0 Å². The lowest BCUT2D eigenvalue weighted by molar-refractivity contribution is 0.708. The molecule has 0 aromatic carbocycles. The van der Waals surface area contributed by atoms with Crippen molar-refractivity contribution in [2.45, 2.75) is 26.3 Å². The molecule has 3 nitrogen and oxygen atoms in total. The number of hydrogen-bond acceptors (Lipinski definition) is 2. The van der Waals surface area contributed by atoms with E-state index in [9.17, 15) is 0 Å². The van der Waals surface area contributed by atoms with E-state index in [1.54, 1.807) is 6.33 Å². The Labute approximate surface area is 66.3 Å². The van der Waals surface area contributed by atoms with Crippen LogP contribution in [0, 0.1) is 11.3 Å². The van der Waals surface area contributed by atoms with E-state index in [1.807, 2.05) is 6.20 Å². The zero-order chi connectivity index (χ0) is 8.10. The third-order valence-electron chi connectivity index (χ3n) is 1.63. The first kappa shape index (κ1) is 7.80. The third kappa shape index (κ3) is 1.81. The summed E-state index contributed by atoms with van der Waals surface area (Å²) in [5.41, 5.74) is 1.15. The summed E-state index contributed by atoms with van der Waals surface area (Å²) in [4.78, 5) is 4.00. The van der Waals surface area contributed by atoms with Crippen LogP contribution in [0.2, 0.25) is 0 Å². The molecule has 0 N–H and O–H groups in total. The standard InChI is InChI=1S/C8H11N3/c1-2-11-7-10-6-8(11)4-3-5-9/h6-7H,2-4H2,1H3. The van der Waals surface area contributed by atoms with Crippen molar-refractivity contribution in [2.24, 2.45) is 0 Å². The van der Waals surface area contributed by atoms with Crippen molar-refractivity contribution >= 4 is 0 Å². The molecule has 0 amide bonds. The van der Waals surface area contributed by atoms with Crippen LogP contribution in [0.15, 0.2) is 12.5 Å². The van der Waals surface area contributed by atoms with Gasteiger partial charge in [-0.15, -0.1) is 0 Å². The zero-order valence-corrected chi connectivity index (χ0v) is 6.62. The van der Waals surface area contributed by atoms with Gasteiger partial charge in [-0.1, -0.05) is 0 Å². The molecule has 0 fully saturated rings. The van der Waals surface area contributed by atoms with Crippen LogP contribution in [0.1, 0.15) is 19.0 Å². The first-order valence-corrected chi connectivity index (χ1v) is 3.74. The van der Waals surface area contributed by atoms with Gasteiger partial charge in [0.1, 0.15) is 0 Å². The number of hydrogen-bond donors (Lipinski definition) is 0. The number of rotatable bonds is 3. The minimum absolute atomic E-state index is 0.575. The molecule has 0 bridgehead atoms. The SMILES string of the molecule is CCn1cncc1CCC#N. The minimum Gasteiger partial charge on any atom is -0.335 e. The van der Waals surface area contributed by atoms with E-state index in [1.165, 1.54) is 0 Å². The van der Waals surface area contributed by atoms with E-state index in [2.05, 4.69) is 22.5 Å². The van der Waals surface area contributed by atoms with E-state index in [0.29, 0.717) is 6.42 Å². The summed E-state index contributed by atoms with van der Waals surface area (Å²) in [5.74, 6) is 0. The van der Waals surface area contributed by atoms with Gasteiger partial charge in [0.2, 0.25) is 0 Å². The van der Waals surface area contributed by atoms with Gasteiger partial charge in [0.15, 0.2) is 0 Å². The van der Waals surface area contributed by atoms with Crippen LogP contribution in [0.25, 0.3) is 0 Å². The lowest BCUT2D eigenvalue weighted by Crippen LogP contribution is -1.98. The molecule has 3 heteroatoms. The van der Waals surface area contributed by atoms with Crippen molar-refractivity contribution < 1.29 is 0 Å². The first-order chi connectivity index (χ1) is 5.38. The predicted molar refractivity (Wildman–Crippen MR) is 41.8 cm³/mol. The fourth-order valence-electron chi connectivity index (χ4n) is 1.03. The van der Waals surface area contributed by atoms with Crippen molar-refractivity contribution in [3.63, 3.8) is 0 Å². The highest BCUT2D eigenvalue weighted by atomic mass is 15.0. The summed E-state index contributed by atoms with van der Waals surface area (Å²) in [7, 11) is 0. The van der Waals surface area contributed by atoms with Crippen LogP contribution in [-0.4, -0.2) is 9.55 Å². The van der Waals surface area contributed by atoms with Gasteiger partial charge < -0.3 is 4.57 Å². The number of aryl methyl sites for hydroxylation is 2. The zero-order valence-electron chi connectivity index (χ0n) is 6.62. The monoisotopic (exact) mass is 149 g/mol. The summed E-state index contributed by atoms with van der Waals surface area (Å²) >= 11 is 0. The summed E-state index contributed by atoms with van der Waals surface area (Å²) < 4.78 is 2.05. The number of nitriles is 1. The third-order valence-corrected chi connectivity index (χ3v) is 1.63. The number of nitrogens with zero attached hydrogens (tertiary/aromatic N) is 3. The molecular weight excluding hydrogens is 138 g/mol. The van der Waals surface area contributed by atoms with Gasteiger partial charge in [-0.3, -0.25) is 0 Å². The van der Waals surface area contributed by atoms with Crippen LogP contribution < -0.4 is 0 Å². The average Bonchev–Trinajstić information content (AvgIpc) is 2.47. The lowest BCUT2D eigenvalue weighted by Gasteiger charge is -2.00. The molecule has 0 saturated heterocycles. The largest absolute Gasteiger partial charge is 0.335 e. The van der Waals surface area contributed by atoms with Crippen LogP contribution in [0.3, 0.4) is 0 Å². The van der Waals surface area contributed by atoms with E-state index < -0.39 is 0 Å². The molecule has 58 valence electrons. The summed E-state index contributed by atoms with van der Waals surface area (Å²) in [6.07, 6.45) is 5.00. The molecule has 0 aliphatic carbocycles. The van der Waals surface area contributed by atoms with Crippen molar-refractivity contribution in [3.05, 3.63) is 18.2 Å².